The van der Waals surface area contributed by atoms with E-state index in [9.17, 15) is 14.4 Å². The van der Waals surface area contributed by atoms with Gasteiger partial charge in [-0.25, -0.2) is 4.79 Å². The second-order valence-electron chi connectivity index (χ2n) is 4.13. The molecule has 20 heavy (non-hydrogen) atoms. The van der Waals surface area contributed by atoms with Crippen LogP contribution in [0.5, 0.6) is 0 Å². The van der Waals surface area contributed by atoms with E-state index in [2.05, 4.69) is 5.32 Å². The highest BCUT2D eigenvalue weighted by Crippen LogP contribution is 2.16. The molecule has 0 spiro atoms. The fourth-order valence-corrected chi connectivity index (χ4v) is 2.27. The summed E-state index contributed by atoms with van der Waals surface area (Å²) in [5.41, 5.74) is 1.03. The molecule has 1 aromatic heterocycles. The summed E-state index contributed by atoms with van der Waals surface area (Å²) in [4.78, 5) is 33.8. The highest BCUT2D eigenvalue weighted by atomic mass is 32.1. The Hall–Kier alpha value is -2.15. The predicted octanol–water partition coefficient (Wildman–Crippen LogP) is 1.50. The number of carboxylic acids is 2. The zero-order chi connectivity index (χ0) is 15.1. The van der Waals surface area contributed by atoms with Gasteiger partial charge in [-0.3, -0.25) is 9.59 Å². The van der Waals surface area contributed by atoms with Crippen LogP contribution >= 0.6 is 11.3 Å². The van der Waals surface area contributed by atoms with E-state index in [-0.39, 0.29) is 12.8 Å². The minimum absolute atomic E-state index is 0.151. The summed E-state index contributed by atoms with van der Waals surface area (Å²) >= 11 is 1.47. The van der Waals surface area contributed by atoms with Gasteiger partial charge in [0, 0.05) is 17.4 Å². The number of carboxylic acid groups (broad SMARTS) is 2. The molecule has 1 heterocycles. The van der Waals surface area contributed by atoms with Gasteiger partial charge in [-0.1, -0.05) is 0 Å². The molecule has 0 saturated heterocycles. The van der Waals surface area contributed by atoms with Gasteiger partial charge in [-0.05, 0) is 36.4 Å². The molecule has 0 aliphatic carbocycles. The minimum Gasteiger partial charge on any atom is -0.481 e. The first kappa shape index (κ1) is 15.9. The molecule has 0 unspecified atom stereocenters. The molecular weight excluding hydrogens is 282 g/mol. The first-order chi connectivity index (χ1) is 9.40. The Bertz CT molecular complexity index is 535. The molecule has 0 aliphatic rings. The zero-order valence-corrected chi connectivity index (χ0v) is 11.6. The van der Waals surface area contributed by atoms with Gasteiger partial charge in [0.05, 0.1) is 0 Å². The molecular formula is C13H15NO5S. The van der Waals surface area contributed by atoms with Crippen molar-refractivity contribution in [3.63, 3.8) is 0 Å². The van der Waals surface area contributed by atoms with E-state index < -0.39 is 23.9 Å². The van der Waals surface area contributed by atoms with Gasteiger partial charge < -0.3 is 15.5 Å². The Morgan fingerprint density at radius 1 is 1.40 bits per heavy atom. The van der Waals surface area contributed by atoms with Crippen LogP contribution in [0.3, 0.4) is 0 Å². The van der Waals surface area contributed by atoms with E-state index in [1.54, 1.807) is 6.08 Å². The lowest BCUT2D eigenvalue weighted by Crippen LogP contribution is -2.40. The molecule has 1 aromatic rings. The van der Waals surface area contributed by atoms with Crippen LogP contribution in [0, 0.1) is 6.92 Å². The summed E-state index contributed by atoms with van der Waals surface area (Å²) in [6, 6.07) is 0.711. The third-order valence-corrected chi connectivity index (χ3v) is 3.53. The Morgan fingerprint density at radius 3 is 2.60 bits per heavy atom. The molecule has 3 N–H and O–H groups in total. The molecule has 1 rings (SSSR count). The van der Waals surface area contributed by atoms with E-state index >= 15 is 0 Å². The summed E-state index contributed by atoms with van der Waals surface area (Å²) in [5, 5.41) is 21.6. The number of hydrogen-bond donors (Lipinski definition) is 3. The third kappa shape index (κ3) is 5.23. The molecule has 0 bridgehead atoms. The van der Waals surface area contributed by atoms with E-state index in [4.69, 9.17) is 10.2 Å². The maximum absolute atomic E-state index is 11.6. The van der Waals surface area contributed by atoms with Crippen LogP contribution < -0.4 is 5.32 Å². The first-order valence-electron chi connectivity index (χ1n) is 5.87. The lowest BCUT2D eigenvalue weighted by Gasteiger charge is -2.11. The largest absolute Gasteiger partial charge is 0.481 e. The predicted molar refractivity (Wildman–Crippen MR) is 74.5 cm³/mol. The summed E-state index contributed by atoms with van der Waals surface area (Å²) in [5.74, 6) is -2.91. The lowest BCUT2D eigenvalue weighted by molar-refractivity contribution is -0.142. The number of amides is 1. The second kappa shape index (κ2) is 7.44. The Balaban J connectivity index is 2.58. The number of aliphatic carboxylic acids is 2. The smallest absolute Gasteiger partial charge is 0.326 e. The minimum atomic E-state index is -1.25. The number of carbonyl (C=O) groups excluding carboxylic acids is 1. The third-order valence-electron chi connectivity index (χ3n) is 2.55. The summed E-state index contributed by atoms with van der Waals surface area (Å²) in [6.07, 6.45) is 2.38. The molecule has 6 nitrogen and oxygen atoms in total. The van der Waals surface area contributed by atoms with Crippen LogP contribution in [0.2, 0.25) is 0 Å². The highest BCUT2D eigenvalue weighted by Gasteiger charge is 2.19. The van der Waals surface area contributed by atoms with Crippen molar-refractivity contribution in [3.8, 4) is 0 Å². The summed E-state index contributed by atoms with van der Waals surface area (Å²) in [6.45, 7) is 1.90. The number of nitrogens with one attached hydrogen (secondary N) is 1. The van der Waals surface area contributed by atoms with Crippen molar-refractivity contribution in [1.29, 1.82) is 0 Å². The topological polar surface area (TPSA) is 104 Å². The normalized spacial score (nSPS) is 12.2. The number of hydrogen-bond acceptors (Lipinski definition) is 4. The van der Waals surface area contributed by atoms with Gasteiger partial charge in [-0.15, -0.1) is 11.3 Å². The average Bonchev–Trinajstić information content (AvgIpc) is 2.77. The van der Waals surface area contributed by atoms with Crippen LogP contribution in [-0.2, 0) is 14.4 Å². The van der Waals surface area contributed by atoms with Crippen molar-refractivity contribution in [3.05, 3.63) is 28.0 Å². The van der Waals surface area contributed by atoms with Gasteiger partial charge in [0.25, 0.3) is 0 Å². The molecule has 1 atom stereocenters. The number of carbonyl (C=O) groups is 3. The second-order valence-corrected chi connectivity index (χ2v) is 5.08. The maximum atomic E-state index is 11.6. The monoisotopic (exact) mass is 297 g/mol. The Morgan fingerprint density at radius 2 is 2.10 bits per heavy atom. The lowest BCUT2D eigenvalue weighted by atomic mass is 10.1. The molecule has 0 fully saturated rings. The van der Waals surface area contributed by atoms with Crippen molar-refractivity contribution in [1.82, 2.24) is 5.32 Å². The van der Waals surface area contributed by atoms with E-state index in [1.807, 2.05) is 18.4 Å². The van der Waals surface area contributed by atoms with E-state index in [0.717, 1.165) is 10.4 Å². The molecule has 0 saturated carbocycles. The quantitative estimate of drug-likeness (QED) is 0.662. The van der Waals surface area contributed by atoms with Crippen molar-refractivity contribution in [2.45, 2.75) is 25.8 Å². The van der Waals surface area contributed by atoms with Crippen molar-refractivity contribution >= 4 is 35.3 Å². The van der Waals surface area contributed by atoms with Crippen molar-refractivity contribution < 1.29 is 24.6 Å². The van der Waals surface area contributed by atoms with Gasteiger partial charge in [0.1, 0.15) is 6.04 Å². The van der Waals surface area contributed by atoms with Gasteiger partial charge in [0.15, 0.2) is 0 Å². The molecule has 0 aliphatic heterocycles. The van der Waals surface area contributed by atoms with Crippen LogP contribution in [-0.4, -0.2) is 34.1 Å². The number of aryl methyl sites for hydroxylation is 1. The van der Waals surface area contributed by atoms with Crippen molar-refractivity contribution in [2.75, 3.05) is 0 Å². The Kier molecular flexibility index (Phi) is 5.92. The molecule has 7 heteroatoms. The molecule has 0 aromatic carbocycles. The van der Waals surface area contributed by atoms with Crippen molar-refractivity contribution in [2.24, 2.45) is 0 Å². The van der Waals surface area contributed by atoms with Crippen LogP contribution in [0.15, 0.2) is 17.5 Å². The average molecular weight is 297 g/mol. The standard InChI is InChI=1S/C13H15NO5S/c1-8-6-7-20-10(8)3-4-11(15)14-9(13(18)19)2-5-12(16)17/h3-4,6-7,9H,2,5H2,1H3,(H,14,15)(H,16,17)(H,18,19)/b4-3+/t9-/m0/s1. The van der Waals surface area contributed by atoms with E-state index in [0.29, 0.717) is 0 Å². The summed E-state index contributed by atoms with van der Waals surface area (Å²) < 4.78 is 0. The van der Waals surface area contributed by atoms with Crippen LogP contribution in [0.4, 0.5) is 0 Å². The molecule has 0 radical (unpaired) electrons. The Labute approximate surface area is 119 Å². The molecule has 108 valence electrons. The first-order valence-corrected chi connectivity index (χ1v) is 6.75. The van der Waals surface area contributed by atoms with Crippen LogP contribution in [0.1, 0.15) is 23.3 Å². The fourth-order valence-electron chi connectivity index (χ4n) is 1.45. The summed E-state index contributed by atoms with van der Waals surface area (Å²) in [7, 11) is 0. The SMILES string of the molecule is Cc1ccsc1/C=C/C(=O)N[C@@H](CCC(=O)O)C(=O)O. The van der Waals surface area contributed by atoms with Gasteiger partial charge >= 0.3 is 11.9 Å². The number of rotatable bonds is 7. The van der Waals surface area contributed by atoms with E-state index in [1.165, 1.54) is 17.4 Å². The molecule has 1 amide bonds. The highest BCUT2D eigenvalue weighted by molar-refractivity contribution is 7.11. The number of thiophene rings is 1. The fraction of sp³-hybridized carbons (Fsp3) is 0.308. The van der Waals surface area contributed by atoms with Gasteiger partial charge in [0.2, 0.25) is 5.91 Å². The van der Waals surface area contributed by atoms with Gasteiger partial charge in [-0.2, -0.15) is 0 Å². The zero-order valence-electron chi connectivity index (χ0n) is 10.8. The van der Waals surface area contributed by atoms with Crippen LogP contribution in [0.25, 0.3) is 6.08 Å². The maximum Gasteiger partial charge on any atom is 0.326 e.